The molecule has 5 heterocycles. The van der Waals surface area contributed by atoms with Gasteiger partial charge in [0, 0.05) is 31.7 Å². The van der Waals surface area contributed by atoms with Crippen molar-refractivity contribution in [3.63, 3.8) is 0 Å². The van der Waals surface area contributed by atoms with Gasteiger partial charge in [0.25, 0.3) is 0 Å². The third-order valence-corrected chi connectivity index (χ3v) is 10.3. The molecule has 1 spiro atoms. The molecule has 3 aromatic rings. The number of hydrogen-bond donors (Lipinski definition) is 0. The minimum atomic E-state index is -0.566. The number of ether oxygens (including phenoxy) is 2. The molecule has 2 saturated heterocycles. The van der Waals surface area contributed by atoms with Crippen LogP contribution in [0.1, 0.15) is 88.9 Å². The molecule has 0 unspecified atom stereocenters. The predicted octanol–water partition coefficient (Wildman–Crippen LogP) is 3.96. The van der Waals surface area contributed by atoms with Crippen LogP contribution in [0.5, 0.6) is 5.88 Å². The fourth-order valence-electron chi connectivity index (χ4n) is 8.10. The summed E-state index contributed by atoms with van der Waals surface area (Å²) in [6.45, 7) is 6.37. The Bertz CT molecular complexity index is 1570. The number of likely N-dealkylation sites (tertiary alicyclic amines) is 1. The van der Waals surface area contributed by atoms with Crippen LogP contribution < -0.4 is 10.4 Å². The lowest BCUT2D eigenvalue weighted by Gasteiger charge is -2.37. The lowest BCUT2D eigenvalue weighted by atomic mass is 9.64. The Labute approximate surface area is 245 Å². The number of carbonyl (C=O) groups is 1. The molecule has 11 nitrogen and oxygen atoms in total. The van der Waals surface area contributed by atoms with Crippen molar-refractivity contribution in [2.45, 2.75) is 102 Å². The molecule has 7 rings (SSSR count). The molecule has 3 aromatic heterocycles. The number of aryl methyl sites for hydroxylation is 1. The van der Waals surface area contributed by atoms with Gasteiger partial charge in [-0.1, -0.05) is 18.5 Å². The highest BCUT2D eigenvalue weighted by atomic mass is 16.5. The molecule has 4 aliphatic rings. The average molecular weight is 579 g/mol. The molecule has 1 saturated carbocycles. The van der Waals surface area contributed by atoms with Crippen molar-refractivity contribution < 1.29 is 18.8 Å². The number of hydrogen-bond acceptors (Lipinski definition) is 9. The third-order valence-electron chi connectivity index (χ3n) is 10.3. The Hall–Kier alpha value is -3.05. The van der Waals surface area contributed by atoms with E-state index in [9.17, 15) is 9.59 Å². The summed E-state index contributed by atoms with van der Waals surface area (Å²) in [7, 11) is 3.88. The first-order valence-electron chi connectivity index (χ1n) is 15.7. The average Bonchev–Trinajstić information content (AvgIpc) is 3.67. The van der Waals surface area contributed by atoms with Crippen molar-refractivity contribution in [2.24, 2.45) is 13.0 Å². The lowest BCUT2D eigenvalue weighted by molar-refractivity contribution is -0.127. The van der Waals surface area contributed by atoms with Gasteiger partial charge >= 0.3 is 5.69 Å². The monoisotopic (exact) mass is 578 g/mol. The van der Waals surface area contributed by atoms with E-state index in [-0.39, 0.29) is 29.7 Å². The largest absolute Gasteiger partial charge is 0.471 e. The molecule has 0 amide bonds. The Balaban J connectivity index is 1.39. The van der Waals surface area contributed by atoms with Crippen LogP contribution in [0.2, 0.25) is 0 Å². The van der Waals surface area contributed by atoms with Crippen LogP contribution in [0.15, 0.2) is 9.32 Å². The molecule has 0 bridgehead atoms. The summed E-state index contributed by atoms with van der Waals surface area (Å²) in [5.74, 6) is 1.80. The number of aromatic nitrogens is 5. The molecule has 0 N–H and O–H groups in total. The summed E-state index contributed by atoms with van der Waals surface area (Å²) in [5.41, 5.74) is 2.04. The van der Waals surface area contributed by atoms with E-state index in [1.807, 2.05) is 0 Å². The van der Waals surface area contributed by atoms with Crippen LogP contribution in [-0.2, 0) is 28.4 Å². The Morgan fingerprint density at radius 1 is 1.05 bits per heavy atom. The van der Waals surface area contributed by atoms with Crippen molar-refractivity contribution >= 4 is 16.9 Å². The number of fused-ring (bicyclic) bond motifs is 3. The number of carbonyl (C=O) groups excluding carboxylic acids is 1. The number of Topliss-reactive ketones (excluding diaryl/α,β-unsaturated/α-hetero) is 1. The number of imidazole rings is 1. The summed E-state index contributed by atoms with van der Waals surface area (Å²) < 4.78 is 21.9. The van der Waals surface area contributed by atoms with Gasteiger partial charge in [-0.3, -0.25) is 18.8 Å². The Kier molecular flexibility index (Phi) is 7.00. The van der Waals surface area contributed by atoms with E-state index in [0.29, 0.717) is 54.2 Å². The molecule has 42 heavy (non-hydrogen) atoms. The van der Waals surface area contributed by atoms with Crippen molar-refractivity contribution in [1.82, 2.24) is 29.2 Å². The van der Waals surface area contributed by atoms with Gasteiger partial charge in [-0.05, 0) is 77.8 Å². The first-order valence-corrected chi connectivity index (χ1v) is 15.7. The minimum Gasteiger partial charge on any atom is -0.471 e. The summed E-state index contributed by atoms with van der Waals surface area (Å²) >= 11 is 0. The maximum Gasteiger partial charge on any atom is 0.330 e. The van der Waals surface area contributed by atoms with Crippen molar-refractivity contribution in [1.29, 1.82) is 0 Å². The lowest BCUT2D eigenvalue weighted by Crippen LogP contribution is -2.41. The van der Waals surface area contributed by atoms with Gasteiger partial charge in [0.05, 0.1) is 18.1 Å². The van der Waals surface area contributed by atoms with Gasteiger partial charge in [-0.2, -0.15) is 4.98 Å². The summed E-state index contributed by atoms with van der Waals surface area (Å²) in [6.07, 6.45) is 8.63. The first kappa shape index (κ1) is 27.8. The van der Waals surface area contributed by atoms with E-state index in [2.05, 4.69) is 31.0 Å². The fourth-order valence-corrected chi connectivity index (χ4v) is 8.10. The number of rotatable bonds is 5. The second-order valence-electron chi connectivity index (χ2n) is 13.2. The first-order chi connectivity index (χ1) is 20.3. The van der Waals surface area contributed by atoms with E-state index in [1.165, 1.54) is 0 Å². The SMILES string of the molecule is C[C@@H]1COC[C@H](n2c(=O)n(C)c3c(O[C@@H](C)[C@@H]4CCCN4C)nc(-c4onc5c4CCC[C@@]54CCCCC4=O)nc32)C1. The number of nitrogens with zero attached hydrogens (tertiary/aromatic N) is 6. The van der Waals surface area contributed by atoms with Gasteiger partial charge < -0.3 is 14.0 Å². The van der Waals surface area contributed by atoms with E-state index >= 15 is 0 Å². The van der Waals surface area contributed by atoms with E-state index in [0.717, 1.165) is 75.6 Å². The molecular formula is C31H42N6O5. The highest BCUT2D eigenvalue weighted by Gasteiger charge is 2.48. The molecule has 3 fully saturated rings. The van der Waals surface area contributed by atoms with Gasteiger partial charge in [0.15, 0.2) is 11.2 Å². The molecule has 5 atom stereocenters. The Morgan fingerprint density at radius 3 is 2.64 bits per heavy atom. The number of ketones is 1. The van der Waals surface area contributed by atoms with E-state index < -0.39 is 5.41 Å². The smallest absolute Gasteiger partial charge is 0.330 e. The maximum absolute atomic E-state index is 13.8. The third kappa shape index (κ3) is 4.34. The molecular weight excluding hydrogens is 536 g/mol. The molecule has 226 valence electrons. The van der Waals surface area contributed by atoms with Gasteiger partial charge in [0.1, 0.15) is 17.6 Å². The highest BCUT2D eigenvalue weighted by Crippen LogP contribution is 2.47. The zero-order valence-electron chi connectivity index (χ0n) is 25.2. The standard InChI is InChI=1S/C31H42N6O5/c1-18-15-20(17-40-16-18)37-28-24(36(4)30(37)39)29(41-19(2)22-10-8-14-35(22)3)33-27(32-28)25-21-9-7-13-31(26(21)34-42-25)12-6-5-11-23(31)38/h18-20,22H,5-17H2,1-4H3/t18-,19-,20+,22-,31+/m0/s1. The molecule has 2 aliphatic heterocycles. The Morgan fingerprint density at radius 2 is 1.88 bits per heavy atom. The van der Waals surface area contributed by atoms with Crippen LogP contribution in [-0.4, -0.2) is 73.9 Å². The fraction of sp³-hybridized carbons (Fsp3) is 0.710. The van der Waals surface area contributed by atoms with Gasteiger partial charge in [-0.15, -0.1) is 0 Å². The van der Waals surface area contributed by atoms with E-state index in [1.54, 1.807) is 16.2 Å². The van der Waals surface area contributed by atoms with Crippen LogP contribution in [0.3, 0.4) is 0 Å². The van der Waals surface area contributed by atoms with Crippen LogP contribution in [0.4, 0.5) is 0 Å². The summed E-state index contributed by atoms with van der Waals surface area (Å²) in [4.78, 5) is 39.3. The van der Waals surface area contributed by atoms with E-state index in [4.69, 9.17) is 24.0 Å². The maximum atomic E-state index is 13.8. The van der Waals surface area contributed by atoms with Crippen LogP contribution in [0.25, 0.3) is 22.7 Å². The quantitative estimate of drug-likeness (QED) is 0.443. The summed E-state index contributed by atoms with van der Waals surface area (Å²) in [6, 6.07) is 0.103. The topological polar surface area (TPSA) is 118 Å². The van der Waals surface area contributed by atoms with Crippen LogP contribution >= 0.6 is 0 Å². The minimum absolute atomic E-state index is 0.147. The normalized spacial score (nSPS) is 29.3. The molecule has 0 radical (unpaired) electrons. The van der Waals surface area contributed by atoms with Crippen molar-refractivity contribution in [3.8, 4) is 17.5 Å². The molecule has 0 aromatic carbocycles. The predicted molar refractivity (Wildman–Crippen MR) is 156 cm³/mol. The summed E-state index contributed by atoms with van der Waals surface area (Å²) in [5, 5.41) is 4.53. The second kappa shape index (κ2) is 10.6. The zero-order chi connectivity index (χ0) is 29.2. The van der Waals surface area contributed by atoms with Gasteiger partial charge in [-0.25, -0.2) is 9.78 Å². The van der Waals surface area contributed by atoms with Gasteiger partial charge in [0.2, 0.25) is 17.5 Å². The highest BCUT2D eigenvalue weighted by molar-refractivity contribution is 5.91. The van der Waals surface area contributed by atoms with Crippen molar-refractivity contribution in [2.75, 3.05) is 26.8 Å². The van der Waals surface area contributed by atoms with Crippen LogP contribution in [0, 0.1) is 5.92 Å². The number of likely N-dealkylation sites (N-methyl/N-ethyl adjacent to an activating group) is 1. The molecule has 2 aliphatic carbocycles. The van der Waals surface area contributed by atoms with Crippen molar-refractivity contribution in [3.05, 3.63) is 21.7 Å². The second-order valence-corrected chi connectivity index (χ2v) is 13.2. The zero-order valence-corrected chi connectivity index (χ0v) is 25.2. The molecule has 11 heteroatoms.